The first-order chi connectivity index (χ1) is 9.41. The van der Waals surface area contributed by atoms with Crippen molar-refractivity contribution in [3.05, 3.63) is 18.2 Å². The number of phenolic OH excluding ortho intramolecular Hbond substituents is 6. The van der Waals surface area contributed by atoms with Gasteiger partial charge in [-0.2, -0.15) is 0 Å². The van der Waals surface area contributed by atoms with E-state index in [1.54, 1.807) is 0 Å². The van der Waals surface area contributed by atoms with Gasteiger partial charge < -0.3 is 30.6 Å². The molecule has 3 aromatic rings. The lowest BCUT2D eigenvalue weighted by molar-refractivity contribution is 0.350. The van der Waals surface area contributed by atoms with Crippen molar-refractivity contribution in [1.29, 1.82) is 0 Å². The number of rotatable bonds is 0. The lowest BCUT2D eigenvalue weighted by Crippen LogP contribution is -1.86. The van der Waals surface area contributed by atoms with Crippen LogP contribution in [0, 0.1) is 0 Å². The second-order valence-corrected chi connectivity index (χ2v) is 4.28. The van der Waals surface area contributed by atoms with Crippen molar-refractivity contribution in [2.75, 3.05) is 0 Å². The minimum Gasteiger partial charge on any atom is -0.504 e. The Balaban J connectivity index is 2.58. The number of pyridine rings is 1. The van der Waals surface area contributed by atoms with Crippen LogP contribution in [0.4, 0.5) is 0 Å². The van der Waals surface area contributed by atoms with Crippen molar-refractivity contribution in [2.45, 2.75) is 0 Å². The maximum Gasteiger partial charge on any atom is 0.206 e. The monoisotopic (exact) mass is 275 g/mol. The fourth-order valence-corrected chi connectivity index (χ4v) is 2.04. The maximum atomic E-state index is 9.77. The van der Waals surface area contributed by atoms with Gasteiger partial charge in [0.15, 0.2) is 23.0 Å². The molecular formula is C13H9NO6. The van der Waals surface area contributed by atoms with Crippen LogP contribution in [0.5, 0.6) is 34.5 Å². The summed E-state index contributed by atoms with van der Waals surface area (Å²) in [4.78, 5) is 3.91. The predicted octanol–water partition coefficient (Wildman–Crippen LogP) is 1.62. The smallest absolute Gasteiger partial charge is 0.206 e. The van der Waals surface area contributed by atoms with Crippen LogP contribution in [0.3, 0.4) is 0 Å². The van der Waals surface area contributed by atoms with E-state index in [0.29, 0.717) is 5.39 Å². The maximum absolute atomic E-state index is 9.77. The third-order valence-corrected chi connectivity index (χ3v) is 3.09. The average Bonchev–Trinajstić information content (AvgIpc) is 2.45. The first-order valence-corrected chi connectivity index (χ1v) is 5.53. The number of phenols is 6. The van der Waals surface area contributed by atoms with Crippen LogP contribution in [0.25, 0.3) is 21.8 Å². The van der Waals surface area contributed by atoms with Crippen LogP contribution in [-0.2, 0) is 0 Å². The second-order valence-electron chi connectivity index (χ2n) is 4.28. The van der Waals surface area contributed by atoms with Crippen molar-refractivity contribution in [3.63, 3.8) is 0 Å². The fraction of sp³-hybridized carbons (Fsp3) is 0. The van der Waals surface area contributed by atoms with Gasteiger partial charge in [-0.05, 0) is 18.2 Å². The Kier molecular flexibility index (Phi) is 2.22. The number of hydrogen-bond acceptors (Lipinski definition) is 7. The molecule has 20 heavy (non-hydrogen) atoms. The van der Waals surface area contributed by atoms with Gasteiger partial charge in [-0.15, -0.1) is 0 Å². The van der Waals surface area contributed by atoms with Gasteiger partial charge in [-0.1, -0.05) is 0 Å². The summed E-state index contributed by atoms with van der Waals surface area (Å²) >= 11 is 0. The molecule has 0 spiro atoms. The largest absolute Gasteiger partial charge is 0.504 e. The van der Waals surface area contributed by atoms with Gasteiger partial charge >= 0.3 is 0 Å². The van der Waals surface area contributed by atoms with Gasteiger partial charge in [0.25, 0.3) is 0 Å². The molecule has 6 N–H and O–H groups in total. The highest BCUT2D eigenvalue weighted by Gasteiger charge is 2.20. The zero-order chi connectivity index (χ0) is 14.6. The number of benzene rings is 2. The number of hydrogen-bond donors (Lipinski definition) is 6. The molecule has 0 atom stereocenters. The molecular weight excluding hydrogens is 266 g/mol. The van der Waals surface area contributed by atoms with E-state index >= 15 is 0 Å². The van der Waals surface area contributed by atoms with Crippen molar-refractivity contribution in [3.8, 4) is 34.5 Å². The summed E-state index contributed by atoms with van der Waals surface area (Å²) in [5.74, 6) is -4.04. The van der Waals surface area contributed by atoms with Gasteiger partial charge in [-0.3, -0.25) is 0 Å². The Morgan fingerprint density at radius 1 is 0.650 bits per heavy atom. The zero-order valence-corrected chi connectivity index (χ0v) is 9.86. The molecule has 1 aromatic heterocycles. The minimum atomic E-state index is -0.915. The van der Waals surface area contributed by atoms with Crippen molar-refractivity contribution in [1.82, 2.24) is 4.98 Å². The third-order valence-electron chi connectivity index (χ3n) is 3.09. The van der Waals surface area contributed by atoms with Gasteiger partial charge in [0.1, 0.15) is 11.0 Å². The first-order valence-electron chi connectivity index (χ1n) is 5.53. The minimum absolute atomic E-state index is 0.00427. The zero-order valence-electron chi connectivity index (χ0n) is 9.86. The van der Waals surface area contributed by atoms with E-state index in [1.165, 1.54) is 18.2 Å². The molecule has 0 saturated carbocycles. The predicted molar refractivity (Wildman–Crippen MR) is 69.2 cm³/mol. The number of fused-ring (bicyclic) bond motifs is 2. The van der Waals surface area contributed by atoms with Gasteiger partial charge in [0.05, 0.1) is 5.39 Å². The quantitative estimate of drug-likeness (QED) is 0.208. The van der Waals surface area contributed by atoms with Crippen molar-refractivity contribution < 1.29 is 30.6 Å². The SMILES string of the molecule is Oc1ccc2cc3c(O)c(O)c(O)c(O)c3nc2c1O. The summed E-state index contributed by atoms with van der Waals surface area (Å²) in [6, 6.07) is 4.03. The number of aromatic nitrogens is 1. The molecule has 0 unspecified atom stereocenters. The van der Waals surface area contributed by atoms with Gasteiger partial charge in [0.2, 0.25) is 11.5 Å². The molecule has 0 aliphatic carbocycles. The highest BCUT2D eigenvalue weighted by Crippen LogP contribution is 2.49. The summed E-state index contributed by atoms with van der Waals surface area (Å²) in [5.41, 5.74) is -0.233. The van der Waals surface area contributed by atoms with E-state index in [9.17, 15) is 30.6 Å². The highest BCUT2D eigenvalue weighted by atomic mass is 16.3. The van der Waals surface area contributed by atoms with Gasteiger partial charge in [-0.25, -0.2) is 4.98 Å². The molecule has 102 valence electrons. The van der Waals surface area contributed by atoms with Crippen molar-refractivity contribution in [2.24, 2.45) is 0 Å². The second kappa shape index (κ2) is 3.70. The summed E-state index contributed by atoms with van der Waals surface area (Å²) in [6.45, 7) is 0. The van der Waals surface area contributed by atoms with E-state index in [0.717, 1.165) is 0 Å². The molecule has 0 amide bonds. The van der Waals surface area contributed by atoms with E-state index in [4.69, 9.17) is 0 Å². The standard InChI is InChI=1S/C13H9NO6/c15-6-2-1-4-3-5-8(14-7(4)10(6)17)11(18)13(20)12(19)9(5)16/h1-3,15-20H. The van der Waals surface area contributed by atoms with Crippen LogP contribution < -0.4 is 0 Å². The Labute approximate surface area is 111 Å². The summed E-state index contributed by atoms with van der Waals surface area (Å²) in [6.07, 6.45) is 0. The summed E-state index contributed by atoms with van der Waals surface area (Å²) < 4.78 is 0. The summed E-state index contributed by atoms with van der Waals surface area (Å²) in [7, 11) is 0. The molecule has 7 nitrogen and oxygen atoms in total. The van der Waals surface area contributed by atoms with Crippen LogP contribution in [0.15, 0.2) is 18.2 Å². The van der Waals surface area contributed by atoms with E-state index in [-0.39, 0.29) is 16.4 Å². The lowest BCUT2D eigenvalue weighted by atomic mass is 10.1. The van der Waals surface area contributed by atoms with E-state index in [1.807, 2.05) is 0 Å². The molecule has 0 fully saturated rings. The average molecular weight is 275 g/mol. The Morgan fingerprint density at radius 3 is 2.00 bits per heavy atom. The normalized spacial score (nSPS) is 11.2. The molecule has 2 aromatic carbocycles. The Morgan fingerprint density at radius 2 is 1.30 bits per heavy atom. The molecule has 0 bridgehead atoms. The third kappa shape index (κ3) is 1.37. The van der Waals surface area contributed by atoms with Crippen LogP contribution in [0.1, 0.15) is 0 Å². The summed E-state index contributed by atoms with van der Waals surface area (Å²) in [5, 5.41) is 58.0. The molecule has 0 aliphatic rings. The number of aromatic hydroxyl groups is 6. The molecule has 1 heterocycles. The van der Waals surface area contributed by atoms with Gasteiger partial charge in [0, 0.05) is 5.39 Å². The molecule has 0 radical (unpaired) electrons. The van der Waals surface area contributed by atoms with Crippen LogP contribution >= 0.6 is 0 Å². The fourth-order valence-electron chi connectivity index (χ4n) is 2.04. The molecule has 0 saturated heterocycles. The lowest BCUT2D eigenvalue weighted by Gasteiger charge is -2.10. The van der Waals surface area contributed by atoms with Crippen LogP contribution in [-0.4, -0.2) is 35.6 Å². The highest BCUT2D eigenvalue weighted by molar-refractivity contribution is 6.03. The van der Waals surface area contributed by atoms with E-state index < -0.39 is 34.5 Å². The van der Waals surface area contributed by atoms with Crippen molar-refractivity contribution >= 4 is 21.8 Å². The molecule has 7 heteroatoms. The Hall–Kier alpha value is -3.09. The Bertz CT molecular complexity index is 874. The number of nitrogens with zero attached hydrogens (tertiary/aromatic N) is 1. The molecule has 0 aliphatic heterocycles. The van der Waals surface area contributed by atoms with Crippen LogP contribution in [0.2, 0.25) is 0 Å². The first kappa shape index (κ1) is 12.0. The molecule has 3 rings (SSSR count). The topological polar surface area (TPSA) is 134 Å². The van der Waals surface area contributed by atoms with E-state index in [2.05, 4.69) is 4.98 Å².